The van der Waals surface area contributed by atoms with Crippen molar-refractivity contribution in [2.45, 2.75) is 51.3 Å². The SMILES string of the molecule is COc1cc(CNC2CC2)ccc1OCCC(C)(C)O. The highest BCUT2D eigenvalue weighted by Crippen LogP contribution is 2.29. The second kappa shape index (κ2) is 6.46. The van der Waals surface area contributed by atoms with Gasteiger partial charge < -0.3 is 19.9 Å². The summed E-state index contributed by atoms with van der Waals surface area (Å²) in [5.74, 6) is 1.47. The van der Waals surface area contributed by atoms with Crippen LogP contribution in [0.4, 0.5) is 0 Å². The average molecular weight is 279 g/mol. The number of hydrogen-bond donors (Lipinski definition) is 2. The van der Waals surface area contributed by atoms with Crippen LogP contribution in [-0.4, -0.2) is 30.5 Å². The molecule has 1 aliphatic carbocycles. The van der Waals surface area contributed by atoms with Crippen molar-refractivity contribution in [3.63, 3.8) is 0 Å². The summed E-state index contributed by atoms with van der Waals surface area (Å²) < 4.78 is 11.1. The van der Waals surface area contributed by atoms with E-state index in [4.69, 9.17) is 9.47 Å². The van der Waals surface area contributed by atoms with Crippen LogP contribution >= 0.6 is 0 Å². The van der Waals surface area contributed by atoms with E-state index >= 15 is 0 Å². The molecule has 1 aliphatic rings. The van der Waals surface area contributed by atoms with E-state index in [1.165, 1.54) is 18.4 Å². The molecule has 2 rings (SSSR count). The highest BCUT2D eigenvalue weighted by Gasteiger charge is 2.20. The van der Waals surface area contributed by atoms with Gasteiger partial charge in [0, 0.05) is 19.0 Å². The van der Waals surface area contributed by atoms with E-state index in [1.807, 2.05) is 12.1 Å². The Bertz CT molecular complexity index is 436. The number of hydrogen-bond acceptors (Lipinski definition) is 4. The van der Waals surface area contributed by atoms with Crippen LogP contribution in [0.25, 0.3) is 0 Å². The van der Waals surface area contributed by atoms with Crippen LogP contribution in [-0.2, 0) is 6.54 Å². The molecule has 0 aromatic heterocycles. The minimum absolute atomic E-state index is 0.472. The van der Waals surface area contributed by atoms with Gasteiger partial charge in [0.2, 0.25) is 0 Å². The van der Waals surface area contributed by atoms with E-state index in [1.54, 1.807) is 21.0 Å². The van der Waals surface area contributed by atoms with Gasteiger partial charge in [0.05, 0.1) is 19.3 Å². The summed E-state index contributed by atoms with van der Waals surface area (Å²) in [7, 11) is 1.65. The molecule has 1 saturated carbocycles. The number of benzene rings is 1. The van der Waals surface area contributed by atoms with E-state index in [2.05, 4.69) is 11.4 Å². The first kappa shape index (κ1) is 15.1. The van der Waals surface area contributed by atoms with E-state index in [-0.39, 0.29) is 0 Å². The number of rotatable bonds is 8. The molecule has 20 heavy (non-hydrogen) atoms. The summed E-state index contributed by atoms with van der Waals surface area (Å²) in [6, 6.07) is 6.70. The Balaban J connectivity index is 1.90. The fourth-order valence-corrected chi connectivity index (χ4v) is 1.90. The van der Waals surface area contributed by atoms with Gasteiger partial charge in [-0.25, -0.2) is 0 Å². The number of aliphatic hydroxyl groups is 1. The molecule has 0 unspecified atom stereocenters. The van der Waals surface area contributed by atoms with E-state index in [0.29, 0.717) is 19.1 Å². The lowest BCUT2D eigenvalue weighted by atomic mass is 10.1. The highest BCUT2D eigenvalue weighted by molar-refractivity contribution is 5.43. The summed E-state index contributed by atoms with van der Waals surface area (Å²) in [5, 5.41) is 13.2. The molecule has 2 N–H and O–H groups in total. The Labute approximate surface area is 121 Å². The van der Waals surface area contributed by atoms with Crippen molar-refractivity contribution in [2.24, 2.45) is 0 Å². The molecule has 0 amide bonds. The van der Waals surface area contributed by atoms with E-state index < -0.39 is 5.60 Å². The molecule has 1 aromatic rings. The highest BCUT2D eigenvalue weighted by atomic mass is 16.5. The van der Waals surface area contributed by atoms with Crippen LogP contribution in [0.15, 0.2) is 18.2 Å². The molecular weight excluding hydrogens is 254 g/mol. The van der Waals surface area contributed by atoms with Crippen molar-refractivity contribution < 1.29 is 14.6 Å². The molecule has 0 radical (unpaired) electrons. The zero-order valence-corrected chi connectivity index (χ0v) is 12.6. The topological polar surface area (TPSA) is 50.7 Å². The van der Waals surface area contributed by atoms with E-state index in [9.17, 15) is 5.11 Å². The molecule has 0 aliphatic heterocycles. The number of nitrogens with one attached hydrogen (secondary N) is 1. The molecule has 0 heterocycles. The number of methoxy groups -OCH3 is 1. The second-order valence-electron chi connectivity index (χ2n) is 6.05. The maximum absolute atomic E-state index is 9.67. The fraction of sp³-hybridized carbons (Fsp3) is 0.625. The quantitative estimate of drug-likeness (QED) is 0.767. The fourth-order valence-electron chi connectivity index (χ4n) is 1.90. The molecule has 1 aromatic carbocycles. The van der Waals surface area contributed by atoms with Crippen LogP contribution < -0.4 is 14.8 Å². The Kier molecular flexibility index (Phi) is 4.89. The van der Waals surface area contributed by atoms with Crippen molar-refractivity contribution >= 4 is 0 Å². The molecule has 112 valence electrons. The lowest BCUT2D eigenvalue weighted by molar-refractivity contribution is 0.0549. The van der Waals surface area contributed by atoms with Crippen LogP contribution in [0.1, 0.15) is 38.7 Å². The van der Waals surface area contributed by atoms with Gasteiger partial charge in [-0.05, 0) is 44.4 Å². The maximum Gasteiger partial charge on any atom is 0.161 e. The minimum Gasteiger partial charge on any atom is -0.493 e. The second-order valence-corrected chi connectivity index (χ2v) is 6.05. The van der Waals surface area contributed by atoms with Crippen molar-refractivity contribution in [1.29, 1.82) is 0 Å². The van der Waals surface area contributed by atoms with Crippen LogP contribution in [0, 0.1) is 0 Å². The Morgan fingerprint density at radius 1 is 1.30 bits per heavy atom. The van der Waals surface area contributed by atoms with Gasteiger partial charge in [-0.1, -0.05) is 6.07 Å². The zero-order valence-electron chi connectivity index (χ0n) is 12.6. The van der Waals surface area contributed by atoms with Crippen molar-refractivity contribution in [3.8, 4) is 11.5 Å². The largest absolute Gasteiger partial charge is 0.493 e. The van der Waals surface area contributed by atoms with Crippen molar-refractivity contribution in [1.82, 2.24) is 5.32 Å². The molecule has 0 bridgehead atoms. The summed E-state index contributed by atoms with van der Waals surface area (Å²) in [6.45, 7) is 4.89. The predicted molar refractivity (Wildman–Crippen MR) is 79.3 cm³/mol. The monoisotopic (exact) mass is 279 g/mol. The van der Waals surface area contributed by atoms with Gasteiger partial charge in [0.25, 0.3) is 0 Å². The summed E-state index contributed by atoms with van der Waals surface area (Å²) in [5.41, 5.74) is 0.491. The summed E-state index contributed by atoms with van der Waals surface area (Å²) >= 11 is 0. The minimum atomic E-state index is -0.707. The summed E-state index contributed by atoms with van der Waals surface area (Å²) in [6.07, 6.45) is 3.16. The zero-order chi connectivity index (χ0) is 14.6. The molecule has 4 heteroatoms. The van der Waals surface area contributed by atoms with Gasteiger partial charge in [-0.2, -0.15) is 0 Å². The van der Waals surface area contributed by atoms with Crippen molar-refractivity contribution in [3.05, 3.63) is 23.8 Å². The average Bonchev–Trinajstić information content (AvgIpc) is 3.20. The van der Waals surface area contributed by atoms with E-state index in [0.717, 1.165) is 18.0 Å². The Morgan fingerprint density at radius 3 is 2.65 bits per heavy atom. The number of ether oxygens (including phenoxy) is 2. The molecule has 0 saturated heterocycles. The first-order chi connectivity index (χ1) is 9.48. The van der Waals surface area contributed by atoms with Gasteiger partial charge in [-0.3, -0.25) is 0 Å². The normalized spacial score (nSPS) is 15.2. The molecule has 4 nitrogen and oxygen atoms in total. The first-order valence-electron chi connectivity index (χ1n) is 7.23. The predicted octanol–water partition coefficient (Wildman–Crippen LogP) is 2.49. The Morgan fingerprint density at radius 2 is 2.05 bits per heavy atom. The lowest BCUT2D eigenvalue weighted by Gasteiger charge is -2.18. The molecule has 1 fully saturated rings. The smallest absolute Gasteiger partial charge is 0.161 e. The van der Waals surface area contributed by atoms with Crippen LogP contribution in [0.5, 0.6) is 11.5 Å². The first-order valence-corrected chi connectivity index (χ1v) is 7.23. The Hall–Kier alpha value is -1.26. The lowest BCUT2D eigenvalue weighted by Crippen LogP contribution is -2.21. The third kappa shape index (κ3) is 5.02. The molecule has 0 atom stereocenters. The van der Waals surface area contributed by atoms with Crippen molar-refractivity contribution in [2.75, 3.05) is 13.7 Å². The third-order valence-electron chi connectivity index (χ3n) is 3.37. The van der Waals surface area contributed by atoms with Crippen LogP contribution in [0.3, 0.4) is 0 Å². The standard InChI is InChI=1S/C16H25NO3/c1-16(2,18)8-9-20-14-7-4-12(10-15(14)19-3)11-17-13-5-6-13/h4,7,10,13,17-18H,5-6,8-9,11H2,1-3H3. The van der Waals surface area contributed by atoms with Crippen LogP contribution in [0.2, 0.25) is 0 Å². The van der Waals surface area contributed by atoms with Gasteiger partial charge in [0.1, 0.15) is 0 Å². The third-order valence-corrected chi connectivity index (χ3v) is 3.37. The van der Waals surface area contributed by atoms with Gasteiger partial charge >= 0.3 is 0 Å². The molecule has 0 spiro atoms. The summed E-state index contributed by atoms with van der Waals surface area (Å²) in [4.78, 5) is 0. The van der Waals surface area contributed by atoms with Gasteiger partial charge in [-0.15, -0.1) is 0 Å². The maximum atomic E-state index is 9.67. The van der Waals surface area contributed by atoms with Gasteiger partial charge in [0.15, 0.2) is 11.5 Å². The molecular formula is C16H25NO3.